The third kappa shape index (κ3) is 5.70. The van der Waals surface area contributed by atoms with E-state index >= 15 is 0 Å². The topological polar surface area (TPSA) is 69.6 Å². The number of allylic oxidation sites excluding steroid dienone is 1. The number of fused-ring (bicyclic) bond motifs is 1. The molecule has 2 heterocycles. The average molecular weight is 623 g/mol. The first-order valence-electron chi connectivity index (χ1n) is 15.4. The number of hydrogen-bond donors (Lipinski definition) is 2. The third-order valence-electron chi connectivity index (χ3n) is 8.84. The van der Waals surface area contributed by atoms with Gasteiger partial charge in [0, 0.05) is 17.7 Å². The summed E-state index contributed by atoms with van der Waals surface area (Å²) in [5.74, 6) is -0.493. The Balaban J connectivity index is 1.65. The number of phenolic OH excluding ortho intramolecular Hbond substituents is 1. The van der Waals surface area contributed by atoms with Gasteiger partial charge in [-0.1, -0.05) is 71.9 Å². The van der Waals surface area contributed by atoms with E-state index in [0.29, 0.717) is 22.6 Å². The van der Waals surface area contributed by atoms with Crippen LogP contribution < -0.4 is 10.2 Å². The Hall–Kier alpha value is -4.23. The first kappa shape index (κ1) is 30.8. The van der Waals surface area contributed by atoms with Crippen LogP contribution in [0.25, 0.3) is 0 Å². The van der Waals surface area contributed by atoms with Crippen LogP contribution in [-0.4, -0.2) is 16.8 Å². The Labute approximate surface area is 268 Å². The van der Waals surface area contributed by atoms with Crippen LogP contribution in [0.2, 0.25) is 0 Å². The Morgan fingerprint density at radius 3 is 2.13 bits per heavy atom. The number of aromatic hydroxyl groups is 1. The fourth-order valence-electron chi connectivity index (χ4n) is 6.58. The quantitative estimate of drug-likeness (QED) is 0.239. The molecule has 5 nitrogen and oxygen atoms in total. The summed E-state index contributed by atoms with van der Waals surface area (Å²) in [5, 5.41) is 17.0. The summed E-state index contributed by atoms with van der Waals surface area (Å²) >= 11 is 1.37. The largest absolute Gasteiger partial charge is 0.507 e. The summed E-state index contributed by atoms with van der Waals surface area (Å²) in [6.07, 6.45) is 0.755. The van der Waals surface area contributed by atoms with Gasteiger partial charge in [-0.25, -0.2) is 4.39 Å². The van der Waals surface area contributed by atoms with Crippen molar-refractivity contribution >= 4 is 34.4 Å². The number of hydrogen-bond acceptors (Lipinski definition) is 5. The highest BCUT2D eigenvalue weighted by Gasteiger charge is 2.43. The van der Waals surface area contributed by atoms with Gasteiger partial charge in [0.1, 0.15) is 11.6 Å². The van der Waals surface area contributed by atoms with Crippen molar-refractivity contribution in [2.24, 2.45) is 0 Å². The van der Waals surface area contributed by atoms with Crippen LogP contribution in [0, 0.1) is 5.82 Å². The Morgan fingerprint density at radius 1 is 0.889 bits per heavy atom. The molecule has 7 heteroatoms. The number of rotatable bonds is 3. The molecule has 0 radical (unpaired) electrons. The van der Waals surface area contributed by atoms with Gasteiger partial charge in [0.25, 0.3) is 5.91 Å². The molecule has 3 aromatic carbocycles. The maximum absolute atomic E-state index is 14.6. The molecular weight excluding hydrogens is 583 g/mol. The molecule has 2 aliphatic rings. The second-order valence-corrected chi connectivity index (χ2v) is 15.1. The summed E-state index contributed by atoms with van der Waals surface area (Å²) in [6.45, 7) is 12.3. The number of halogens is 1. The molecule has 4 aromatic rings. The van der Waals surface area contributed by atoms with Gasteiger partial charge in [-0.2, -0.15) is 0 Å². The van der Waals surface area contributed by atoms with Crippen molar-refractivity contribution in [3.63, 3.8) is 0 Å². The van der Waals surface area contributed by atoms with Crippen molar-refractivity contribution in [3.05, 3.63) is 122 Å². The average Bonchev–Trinajstić information content (AvgIpc) is 3.46. The highest BCUT2D eigenvalue weighted by molar-refractivity contribution is 7.12. The molecule has 1 aliphatic heterocycles. The molecule has 1 amide bonds. The highest BCUT2D eigenvalue weighted by Crippen LogP contribution is 2.50. The van der Waals surface area contributed by atoms with Crippen molar-refractivity contribution in [2.75, 3.05) is 10.2 Å². The number of Topliss-reactive ketones (excluding diaryl/α,β-unsaturated/α-hetero) is 1. The normalized spacial score (nSPS) is 18.6. The molecule has 0 saturated carbocycles. The number of ketones is 1. The number of benzene rings is 3. The molecule has 0 spiro atoms. The Bertz CT molecular complexity index is 1780. The van der Waals surface area contributed by atoms with Gasteiger partial charge in [-0.3, -0.25) is 14.5 Å². The van der Waals surface area contributed by atoms with Gasteiger partial charge in [-0.05, 0) is 93.3 Å². The van der Waals surface area contributed by atoms with Gasteiger partial charge < -0.3 is 10.4 Å². The van der Waals surface area contributed by atoms with Crippen molar-refractivity contribution in [1.82, 2.24) is 0 Å². The number of carbonyl (C=O) groups is 2. The molecule has 2 N–H and O–H groups in total. The SMILES string of the molecule is CC(C)(C)c1cc([C@@H]2C3=C(C[C@@H](c4ccc(F)cc4)CC3=O)Nc3ccccc3N2C(=O)c2cccs2)cc(C(C)(C)C)c1O. The molecule has 1 aromatic heterocycles. The van der Waals surface area contributed by atoms with Crippen LogP contribution >= 0.6 is 11.3 Å². The van der Waals surface area contributed by atoms with E-state index in [4.69, 9.17) is 0 Å². The Kier molecular flexibility index (Phi) is 7.72. The van der Waals surface area contributed by atoms with Gasteiger partial charge in [-0.15, -0.1) is 11.3 Å². The number of nitrogens with zero attached hydrogens (tertiary/aromatic N) is 1. The molecule has 0 saturated heterocycles. The van der Waals surface area contributed by atoms with Crippen molar-refractivity contribution < 1.29 is 19.1 Å². The standard InChI is InChI=1S/C38H39FN2O3S/c1-37(2,3)26-18-24(19-27(35(26)43)38(4,5)6)34-33-29(20-23(21-31(33)42)22-13-15-25(39)16-14-22)40-28-10-7-8-11-30(28)41(34)36(44)32-12-9-17-45-32/h7-19,23,34,40,43H,20-21H2,1-6H3/t23-,34-/m1/s1. The monoisotopic (exact) mass is 622 g/mol. The van der Waals surface area contributed by atoms with E-state index in [1.807, 2.05) is 53.9 Å². The van der Waals surface area contributed by atoms with E-state index < -0.39 is 16.9 Å². The summed E-state index contributed by atoms with van der Waals surface area (Å²) in [4.78, 5) is 31.4. The second kappa shape index (κ2) is 11.3. The van der Waals surface area contributed by atoms with Crippen LogP contribution in [0.4, 0.5) is 15.8 Å². The van der Waals surface area contributed by atoms with E-state index in [0.717, 1.165) is 33.6 Å². The van der Waals surface area contributed by atoms with Crippen LogP contribution in [0.1, 0.15) is 98.3 Å². The van der Waals surface area contributed by atoms with E-state index in [2.05, 4.69) is 46.9 Å². The number of nitrogens with one attached hydrogen (secondary N) is 1. The molecular formula is C38H39FN2O3S. The second-order valence-electron chi connectivity index (χ2n) is 14.1. The number of carbonyl (C=O) groups excluding carboxylic acids is 2. The molecule has 232 valence electrons. The van der Waals surface area contributed by atoms with Gasteiger partial charge in [0.05, 0.1) is 22.3 Å². The van der Waals surface area contributed by atoms with Gasteiger partial charge >= 0.3 is 0 Å². The van der Waals surface area contributed by atoms with Crippen LogP contribution in [0.5, 0.6) is 5.75 Å². The lowest BCUT2D eigenvalue weighted by atomic mass is 9.74. The zero-order valence-electron chi connectivity index (χ0n) is 26.6. The lowest BCUT2D eigenvalue weighted by Gasteiger charge is -2.37. The summed E-state index contributed by atoms with van der Waals surface area (Å²) in [5.41, 5.74) is 5.06. The predicted molar refractivity (Wildman–Crippen MR) is 180 cm³/mol. The summed E-state index contributed by atoms with van der Waals surface area (Å²) in [7, 11) is 0. The minimum absolute atomic E-state index is 0.0671. The fraction of sp³-hybridized carbons (Fsp3) is 0.316. The molecule has 6 rings (SSSR count). The highest BCUT2D eigenvalue weighted by atomic mass is 32.1. The summed E-state index contributed by atoms with van der Waals surface area (Å²) in [6, 6.07) is 20.9. The first-order valence-corrected chi connectivity index (χ1v) is 16.2. The minimum Gasteiger partial charge on any atom is -0.507 e. The molecule has 0 bridgehead atoms. The third-order valence-corrected chi connectivity index (χ3v) is 9.70. The molecule has 2 atom stereocenters. The van der Waals surface area contributed by atoms with Crippen molar-refractivity contribution in [1.29, 1.82) is 0 Å². The lowest BCUT2D eigenvalue weighted by molar-refractivity contribution is -0.116. The minimum atomic E-state index is -0.754. The fourth-order valence-corrected chi connectivity index (χ4v) is 7.24. The number of anilines is 2. The van der Waals surface area contributed by atoms with Crippen molar-refractivity contribution in [2.45, 2.75) is 77.2 Å². The maximum Gasteiger partial charge on any atom is 0.269 e. The van der Waals surface area contributed by atoms with Crippen LogP contribution in [0.3, 0.4) is 0 Å². The molecule has 0 fully saturated rings. The number of phenols is 1. The summed E-state index contributed by atoms with van der Waals surface area (Å²) < 4.78 is 13.8. The number of amides is 1. The zero-order valence-corrected chi connectivity index (χ0v) is 27.4. The lowest BCUT2D eigenvalue weighted by Crippen LogP contribution is -2.38. The van der Waals surface area contributed by atoms with Crippen LogP contribution in [0.15, 0.2) is 89.4 Å². The smallest absolute Gasteiger partial charge is 0.269 e. The van der Waals surface area contributed by atoms with E-state index in [1.54, 1.807) is 17.0 Å². The predicted octanol–water partition coefficient (Wildman–Crippen LogP) is 9.40. The van der Waals surface area contributed by atoms with Gasteiger partial charge in [0.15, 0.2) is 5.78 Å². The van der Waals surface area contributed by atoms with E-state index in [-0.39, 0.29) is 35.6 Å². The first-order chi connectivity index (χ1) is 21.2. The molecule has 45 heavy (non-hydrogen) atoms. The molecule has 0 unspecified atom stereocenters. The van der Waals surface area contributed by atoms with E-state index in [9.17, 15) is 19.1 Å². The van der Waals surface area contributed by atoms with Crippen LogP contribution in [-0.2, 0) is 15.6 Å². The maximum atomic E-state index is 14.6. The number of para-hydroxylation sites is 2. The Morgan fingerprint density at radius 2 is 1.53 bits per heavy atom. The van der Waals surface area contributed by atoms with E-state index in [1.165, 1.54) is 23.5 Å². The van der Waals surface area contributed by atoms with Gasteiger partial charge in [0.2, 0.25) is 0 Å². The molecule has 1 aliphatic carbocycles. The van der Waals surface area contributed by atoms with Crippen molar-refractivity contribution in [3.8, 4) is 5.75 Å². The number of thiophene rings is 1. The zero-order chi connectivity index (χ0) is 32.3.